The van der Waals surface area contributed by atoms with Gasteiger partial charge in [-0.15, -0.1) is 0 Å². The molecule has 0 N–H and O–H groups in total. The Bertz CT molecular complexity index is 1250. The van der Waals surface area contributed by atoms with Gasteiger partial charge in [-0.2, -0.15) is 0 Å². The third-order valence-corrected chi connectivity index (χ3v) is 17.0. The average Bonchev–Trinajstić information content (AvgIpc) is 3.46. The topological polar surface area (TPSA) is 78.9 Å². The van der Waals surface area contributed by atoms with Gasteiger partial charge in [-0.1, -0.05) is 373 Å². The van der Waals surface area contributed by atoms with Crippen LogP contribution in [0, 0.1) is 0 Å². The molecule has 0 amide bonds. The van der Waals surface area contributed by atoms with Gasteiger partial charge in [0.05, 0.1) is 0 Å². The van der Waals surface area contributed by atoms with Crippen molar-refractivity contribution in [1.29, 1.82) is 0 Å². The number of hydrogen-bond donors (Lipinski definition) is 0. The molecule has 1 unspecified atom stereocenters. The third kappa shape index (κ3) is 66.9. The fourth-order valence-corrected chi connectivity index (χ4v) is 11.5. The van der Waals surface area contributed by atoms with Crippen LogP contribution in [0.4, 0.5) is 0 Å². The van der Waals surface area contributed by atoms with Crippen molar-refractivity contribution in [2.75, 3.05) is 13.2 Å². The molecular formula is C74H142O6. The lowest BCUT2D eigenvalue weighted by Gasteiger charge is -2.18. The van der Waals surface area contributed by atoms with E-state index in [2.05, 4.69) is 32.9 Å². The van der Waals surface area contributed by atoms with Crippen molar-refractivity contribution < 1.29 is 28.6 Å². The van der Waals surface area contributed by atoms with Crippen LogP contribution in [0.5, 0.6) is 0 Å². The summed E-state index contributed by atoms with van der Waals surface area (Å²) in [6.07, 6.45) is 84.1. The van der Waals surface area contributed by atoms with Gasteiger partial charge in [0.25, 0.3) is 0 Å². The molecule has 0 saturated heterocycles. The smallest absolute Gasteiger partial charge is 0.306 e. The largest absolute Gasteiger partial charge is 0.462 e. The maximum absolute atomic E-state index is 12.9. The van der Waals surface area contributed by atoms with Crippen molar-refractivity contribution in [2.45, 2.75) is 431 Å². The second kappa shape index (κ2) is 69.6. The van der Waals surface area contributed by atoms with Crippen LogP contribution in [0.15, 0.2) is 12.2 Å². The molecule has 0 spiro atoms. The summed E-state index contributed by atoms with van der Waals surface area (Å²) in [6, 6.07) is 0. The molecule has 0 aliphatic rings. The Kier molecular flexibility index (Phi) is 68.0. The fraction of sp³-hybridized carbons (Fsp3) is 0.932. The van der Waals surface area contributed by atoms with Gasteiger partial charge >= 0.3 is 17.9 Å². The van der Waals surface area contributed by atoms with Gasteiger partial charge in [-0.05, 0) is 44.9 Å². The van der Waals surface area contributed by atoms with Crippen molar-refractivity contribution in [3.63, 3.8) is 0 Å². The normalized spacial score (nSPS) is 12.0. The first-order valence-corrected chi connectivity index (χ1v) is 36.7. The van der Waals surface area contributed by atoms with Crippen molar-refractivity contribution in [3.8, 4) is 0 Å². The van der Waals surface area contributed by atoms with E-state index in [1.807, 2.05) is 0 Å². The molecule has 6 heteroatoms. The minimum atomic E-state index is -0.768. The molecule has 1 atom stereocenters. The van der Waals surface area contributed by atoms with E-state index < -0.39 is 6.10 Å². The molecule has 0 aromatic rings. The maximum Gasteiger partial charge on any atom is 0.306 e. The highest BCUT2D eigenvalue weighted by Crippen LogP contribution is 2.19. The van der Waals surface area contributed by atoms with E-state index in [0.29, 0.717) is 19.3 Å². The predicted octanol–water partition coefficient (Wildman–Crippen LogP) is 25.2. The summed E-state index contributed by atoms with van der Waals surface area (Å²) >= 11 is 0. The van der Waals surface area contributed by atoms with Crippen LogP contribution >= 0.6 is 0 Å². The molecule has 0 aliphatic heterocycles. The molecule has 80 heavy (non-hydrogen) atoms. The van der Waals surface area contributed by atoms with E-state index in [1.165, 1.54) is 327 Å². The van der Waals surface area contributed by atoms with Gasteiger partial charge < -0.3 is 14.2 Å². The van der Waals surface area contributed by atoms with E-state index in [4.69, 9.17) is 14.2 Å². The number of hydrogen-bond acceptors (Lipinski definition) is 6. The van der Waals surface area contributed by atoms with Gasteiger partial charge in [0, 0.05) is 19.3 Å². The summed E-state index contributed by atoms with van der Waals surface area (Å²) < 4.78 is 17.0. The molecule has 0 saturated carbocycles. The number of carbonyl (C=O) groups is 3. The molecule has 0 rings (SSSR count). The minimum absolute atomic E-state index is 0.0651. The van der Waals surface area contributed by atoms with Crippen LogP contribution in [-0.2, 0) is 28.6 Å². The summed E-state index contributed by atoms with van der Waals surface area (Å²) in [6.45, 7) is 6.71. The maximum atomic E-state index is 12.9. The molecule has 0 aromatic carbocycles. The van der Waals surface area contributed by atoms with Crippen LogP contribution < -0.4 is 0 Å². The summed E-state index contributed by atoms with van der Waals surface area (Å²) in [4.78, 5) is 38.4. The molecule has 474 valence electrons. The molecule has 0 radical (unpaired) electrons. The molecule has 0 fully saturated rings. The zero-order valence-corrected chi connectivity index (χ0v) is 54.6. The van der Waals surface area contributed by atoms with Crippen molar-refractivity contribution in [2.24, 2.45) is 0 Å². The van der Waals surface area contributed by atoms with Gasteiger partial charge in [-0.3, -0.25) is 14.4 Å². The lowest BCUT2D eigenvalue weighted by molar-refractivity contribution is -0.167. The highest BCUT2D eigenvalue weighted by molar-refractivity contribution is 5.71. The Morgan fingerprint density at radius 1 is 0.237 bits per heavy atom. The van der Waals surface area contributed by atoms with E-state index >= 15 is 0 Å². The molecule has 6 nitrogen and oxygen atoms in total. The summed E-state index contributed by atoms with van der Waals surface area (Å²) in [5.41, 5.74) is 0. The standard InChI is InChI=1S/C74H142O6/c1-4-7-10-13-16-19-22-25-27-29-30-31-32-33-34-35-36-37-38-39-40-41-42-43-44-46-47-49-52-55-58-61-64-67-73(76)79-70-71(69-78-72(75)66-63-60-57-54-51-24-21-18-15-12-9-6-3)80-74(77)68-65-62-59-56-53-50-48-45-28-26-23-20-17-14-11-8-5-2/h26,28,71H,4-25,27,29-70H2,1-3H3/b28-26-. The van der Waals surface area contributed by atoms with Crippen molar-refractivity contribution in [3.05, 3.63) is 12.2 Å². The Morgan fingerprint density at radius 2 is 0.412 bits per heavy atom. The first-order chi connectivity index (χ1) is 39.5. The van der Waals surface area contributed by atoms with Gasteiger partial charge in [0.15, 0.2) is 6.10 Å². The van der Waals surface area contributed by atoms with Crippen LogP contribution in [0.25, 0.3) is 0 Å². The Balaban J connectivity index is 4.05. The number of carbonyl (C=O) groups excluding carboxylic acids is 3. The first-order valence-electron chi connectivity index (χ1n) is 36.7. The highest BCUT2D eigenvalue weighted by atomic mass is 16.6. The highest BCUT2D eigenvalue weighted by Gasteiger charge is 2.20. The number of rotatable bonds is 69. The quantitative estimate of drug-likeness (QED) is 0.0261. The lowest BCUT2D eigenvalue weighted by atomic mass is 10.0. The van der Waals surface area contributed by atoms with Crippen LogP contribution in [0.3, 0.4) is 0 Å². The monoisotopic (exact) mass is 1130 g/mol. The lowest BCUT2D eigenvalue weighted by Crippen LogP contribution is -2.30. The van der Waals surface area contributed by atoms with Crippen LogP contribution in [0.2, 0.25) is 0 Å². The van der Waals surface area contributed by atoms with Gasteiger partial charge in [-0.25, -0.2) is 0 Å². The minimum Gasteiger partial charge on any atom is -0.462 e. The van der Waals surface area contributed by atoms with Gasteiger partial charge in [0.1, 0.15) is 13.2 Å². The summed E-state index contributed by atoms with van der Waals surface area (Å²) in [7, 11) is 0. The Labute approximate surface area is 501 Å². The SMILES string of the molecule is CCCCCCCC/C=C\CCCCCCCCCC(=O)OC(COC(=O)CCCCCCCCCCCCCC)COC(=O)CCCCCCCCCCCCCCCCCCCCCCCCCCCCCCCCCCC. The third-order valence-electron chi connectivity index (χ3n) is 17.0. The molecular weight excluding hydrogens is 985 g/mol. The summed E-state index contributed by atoms with van der Waals surface area (Å²) in [5.74, 6) is -0.837. The zero-order valence-electron chi connectivity index (χ0n) is 54.6. The number of allylic oxidation sites excluding steroid dienone is 2. The Morgan fingerprint density at radius 3 is 0.625 bits per heavy atom. The first kappa shape index (κ1) is 78.1. The second-order valence-electron chi connectivity index (χ2n) is 25.2. The molecule has 0 aliphatic carbocycles. The number of unbranched alkanes of at least 4 members (excludes halogenated alkanes) is 56. The van der Waals surface area contributed by atoms with Crippen molar-refractivity contribution >= 4 is 17.9 Å². The van der Waals surface area contributed by atoms with E-state index in [9.17, 15) is 14.4 Å². The second-order valence-corrected chi connectivity index (χ2v) is 25.2. The van der Waals surface area contributed by atoms with Crippen molar-refractivity contribution in [1.82, 2.24) is 0 Å². The number of ether oxygens (including phenoxy) is 3. The van der Waals surface area contributed by atoms with Gasteiger partial charge in [0.2, 0.25) is 0 Å². The molecule has 0 bridgehead atoms. The zero-order chi connectivity index (χ0) is 57.8. The Hall–Kier alpha value is -1.85. The average molecular weight is 1130 g/mol. The van der Waals surface area contributed by atoms with E-state index in [1.54, 1.807) is 0 Å². The van der Waals surface area contributed by atoms with Crippen LogP contribution in [-0.4, -0.2) is 37.2 Å². The number of esters is 3. The van der Waals surface area contributed by atoms with E-state index in [0.717, 1.165) is 57.8 Å². The molecule has 0 aromatic heterocycles. The van der Waals surface area contributed by atoms with E-state index in [-0.39, 0.29) is 31.1 Å². The van der Waals surface area contributed by atoms with Crippen LogP contribution in [0.1, 0.15) is 425 Å². The molecule has 0 heterocycles. The summed E-state index contributed by atoms with van der Waals surface area (Å²) in [5, 5.41) is 0. The fourth-order valence-electron chi connectivity index (χ4n) is 11.5. The predicted molar refractivity (Wildman–Crippen MR) is 349 cm³/mol.